The van der Waals surface area contributed by atoms with Crippen LogP contribution >= 0.6 is 11.8 Å². The fourth-order valence-electron chi connectivity index (χ4n) is 2.72. The van der Waals surface area contributed by atoms with Gasteiger partial charge in [0.25, 0.3) is 0 Å². The molecule has 21 heavy (non-hydrogen) atoms. The molecule has 1 N–H and O–H groups in total. The Hall–Kier alpha value is -0.910. The van der Waals surface area contributed by atoms with Crippen LogP contribution in [0.1, 0.15) is 31.4 Å². The van der Waals surface area contributed by atoms with Crippen LogP contribution in [0.25, 0.3) is 0 Å². The molecule has 3 rings (SSSR count). The number of benzene rings is 1. The first-order valence-corrected chi connectivity index (χ1v) is 8.74. The Balaban J connectivity index is 1.63. The highest BCUT2D eigenvalue weighted by Gasteiger charge is 2.20. The van der Waals surface area contributed by atoms with Gasteiger partial charge in [-0.3, -0.25) is 0 Å². The van der Waals surface area contributed by atoms with E-state index < -0.39 is 0 Å². The lowest BCUT2D eigenvalue weighted by Crippen LogP contribution is -2.25. The number of rotatable bonds is 6. The van der Waals surface area contributed by atoms with Crippen molar-refractivity contribution in [2.75, 3.05) is 32.3 Å². The van der Waals surface area contributed by atoms with Crippen molar-refractivity contribution in [2.24, 2.45) is 0 Å². The first kappa shape index (κ1) is 15.0. The van der Waals surface area contributed by atoms with Crippen molar-refractivity contribution in [3.63, 3.8) is 0 Å². The summed E-state index contributed by atoms with van der Waals surface area (Å²) in [5.74, 6) is 2.80. The second-order valence-corrected chi connectivity index (χ2v) is 6.70. The zero-order chi connectivity index (χ0) is 14.5. The van der Waals surface area contributed by atoms with Crippen molar-refractivity contribution in [1.29, 1.82) is 0 Å². The summed E-state index contributed by atoms with van der Waals surface area (Å²) in [6.45, 7) is 5.27. The highest BCUT2D eigenvalue weighted by molar-refractivity contribution is 7.99. The molecule has 4 nitrogen and oxygen atoms in total. The molecule has 2 aliphatic rings. The van der Waals surface area contributed by atoms with Crippen LogP contribution in [0.2, 0.25) is 0 Å². The van der Waals surface area contributed by atoms with Crippen molar-refractivity contribution in [2.45, 2.75) is 31.1 Å². The normalized spacial score (nSPS) is 19.7. The van der Waals surface area contributed by atoms with Gasteiger partial charge in [0, 0.05) is 30.3 Å². The summed E-state index contributed by atoms with van der Waals surface area (Å²) in [7, 11) is 0. The van der Waals surface area contributed by atoms with Gasteiger partial charge in [-0.2, -0.15) is 11.8 Å². The van der Waals surface area contributed by atoms with Crippen molar-refractivity contribution < 1.29 is 14.2 Å². The number of ether oxygens (including phenoxy) is 3. The van der Waals surface area contributed by atoms with Gasteiger partial charge in [0.1, 0.15) is 0 Å². The van der Waals surface area contributed by atoms with Crippen LogP contribution in [0.5, 0.6) is 11.5 Å². The molecule has 5 heteroatoms. The third-order valence-electron chi connectivity index (χ3n) is 3.92. The molecule has 0 aromatic heterocycles. The lowest BCUT2D eigenvalue weighted by atomic mass is 10.1. The minimum Gasteiger partial charge on any atom is -0.454 e. The second kappa shape index (κ2) is 7.38. The van der Waals surface area contributed by atoms with Crippen LogP contribution in [0.4, 0.5) is 0 Å². The summed E-state index contributed by atoms with van der Waals surface area (Å²) in [6.07, 6.45) is 2.34. The Morgan fingerprint density at radius 3 is 2.86 bits per heavy atom. The summed E-state index contributed by atoms with van der Waals surface area (Å²) < 4.78 is 16.3. The third-order valence-corrected chi connectivity index (χ3v) is 5.39. The average molecular weight is 309 g/mol. The molecular weight excluding hydrogens is 286 g/mol. The third kappa shape index (κ3) is 3.84. The Morgan fingerprint density at radius 1 is 1.24 bits per heavy atom. The van der Waals surface area contributed by atoms with Crippen molar-refractivity contribution >= 4 is 11.8 Å². The number of nitrogens with one attached hydrogen (secondary N) is 1. The minimum absolute atomic E-state index is 0.335. The van der Waals surface area contributed by atoms with E-state index in [0.717, 1.165) is 42.3 Å². The lowest BCUT2D eigenvalue weighted by molar-refractivity contribution is 0.1000. The maximum absolute atomic E-state index is 5.49. The highest BCUT2D eigenvalue weighted by Crippen LogP contribution is 2.35. The van der Waals surface area contributed by atoms with Crippen LogP contribution in [-0.2, 0) is 4.74 Å². The predicted molar refractivity (Wildman–Crippen MR) is 85.3 cm³/mol. The number of hydrogen-bond acceptors (Lipinski definition) is 5. The maximum atomic E-state index is 5.49. The molecule has 1 aromatic rings. The van der Waals surface area contributed by atoms with Gasteiger partial charge in [0.15, 0.2) is 11.5 Å². The van der Waals surface area contributed by atoms with Crippen LogP contribution < -0.4 is 14.8 Å². The topological polar surface area (TPSA) is 39.7 Å². The molecule has 1 saturated heterocycles. The van der Waals surface area contributed by atoms with E-state index >= 15 is 0 Å². The Labute approximate surface area is 130 Å². The van der Waals surface area contributed by atoms with Crippen LogP contribution in [-0.4, -0.2) is 37.6 Å². The van der Waals surface area contributed by atoms with Crippen LogP contribution in [0.15, 0.2) is 18.2 Å². The SMILES string of the molecule is CCNC(CSC1CCOCC1)c1ccc2c(c1)OCO2. The minimum atomic E-state index is 0.335. The van der Waals surface area contributed by atoms with Crippen molar-refractivity contribution in [3.05, 3.63) is 23.8 Å². The zero-order valence-corrected chi connectivity index (χ0v) is 13.3. The first-order valence-electron chi connectivity index (χ1n) is 7.69. The second-order valence-electron chi connectivity index (χ2n) is 5.37. The monoisotopic (exact) mass is 309 g/mol. The van der Waals surface area contributed by atoms with E-state index in [0.29, 0.717) is 12.8 Å². The Kier molecular flexibility index (Phi) is 5.27. The van der Waals surface area contributed by atoms with E-state index in [1.54, 1.807) is 0 Å². The number of thioether (sulfide) groups is 1. The smallest absolute Gasteiger partial charge is 0.231 e. The quantitative estimate of drug-likeness (QED) is 0.875. The van der Waals surface area contributed by atoms with Gasteiger partial charge in [-0.15, -0.1) is 0 Å². The highest BCUT2D eigenvalue weighted by atomic mass is 32.2. The van der Waals surface area contributed by atoms with E-state index in [1.807, 2.05) is 6.07 Å². The molecule has 0 spiro atoms. The van der Waals surface area contributed by atoms with E-state index in [-0.39, 0.29) is 0 Å². The molecule has 1 atom stereocenters. The van der Waals surface area contributed by atoms with E-state index in [4.69, 9.17) is 14.2 Å². The molecule has 1 aromatic carbocycles. The van der Waals surface area contributed by atoms with Gasteiger partial charge < -0.3 is 19.5 Å². The summed E-state index contributed by atoms with van der Waals surface area (Å²) >= 11 is 2.06. The molecule has 1 unspecified atom stereocenters. The number of hydrogen-bond donors (Lipinski definition) is 1. The van der Waals surface area contributed by atoms with Crippen LogP contribution in [0.3, 0.4) is 0 Å². The first-order chi connectivity index (χ1) is 10.4. The fraction of sp³-hybridized carbons (Fsp3) is 0.625. The molecular formula is C16H23NO3S. The molecule has 1 fully saturated rings. The van der Waals surface area contributed by atoms with Gasteiger partial charge >= 0.3 is 0 Å². The molecule has 0 aliphatic carbocycles. The largest absolute Gasteiger partial charge is 0.454 e. The van der Waals surface area contributed by atoms with E-state index in [2.05, 4.69) is 36.1 Å². The Bertz CT molecular complexity index is 463. The molecule has 0 saturated carbocycles. The molecule has 2 aliphatic heterocycles. The van der Waals surface area contributed by atoms with Gasteiger partial charge in [0.05, 0.1) is 0 Å². The lowest BCUT2D eigenvalue weighted by Gasteiger charge is -2.25. The van der Waals surface area contributed by atoms with Crippen molar-refractivity contribution in [3.8, 4) is 11.5 Å². The molecule has 2 heterocycles. The summed E-state index contributed by atoms with van der Waals surface area (Å²) in [6, 6.07) is 6.63. The fourth-order valence-corrected chi connectivity index (χ4v) is 4.02. The predicted octanol–water partition coefficient (Wildman–Crippen LogP) is 2.98. The van der Waals surface area contributed by atoms with E-state index in [1.165, 1.54) is 18.4 Å². The van der Waals surface area contributed by atoms with Crippen LogP contribution in [0, 0.1) is 0 Å². The van der Waals surface area contributed by atoms with Gasteiger partial charge in [-0.25, -0.2) is 0 Å². The van der Waals surface area contributed by atoms with Gasteiger partial charge in [-0.1, -0.05) is 13.0 Å². The average Bonchev–Trinajstić information content (AvgIpc) is 3.00. The summed E-state index contributed by atoms with van der Waals surface area (Å²) in [5, 5.41) is 4.31. The zero-order valence-electron chi connectivity index (χ0n) is 12.5. The molecule has 116 valence electrons. The molecule has 0 amide bonds. The Morgan fingerprint density at radius 2 is 2.05 bits per heavy atom. The summed E-state index contributed by atoms with van der Waals surface area (Å²) in [5.41, 5.74) is 1.28. The number of fused-ring (bicyclic) bond motifs is 1. The summed E-state index contributed by atoms with van der Waals surface area (Å²) in [4.78, 5) is 0. The van der Waals surface area contributed by atoms with Gasteiger partial charge in [-0.05, 0) is 37.1 Å². The van der Waals surface area contributed by atoms with Crippen molar-refractivity contribution in [1.82, 2.24) is 5.32 Å². The molecule has 0 radical (unpaired) electrons. The van der Waals surface area contributed by atoms with Gasteiger partial charge in [0.2, 0.25) is 6.79 Å². The molecule has 0 bridgehead atoms. The maximum Gasteiger partial charge on any atom is 0.231 e. The van der Waals surface area contributed by atoms with E-state index in [9.17, 15) is 0 Å². The standard InChI is InChI=1S/C16H23NO3S/c1-2-17-14(10-21-13-5-7-18-8-6-13)12-3-4-15-16(9-12)20-11-19-15/h3-4,9,13-14,17H,2,5-8,10-11H2,1H3.